The molecule has 0 saturated heterocycles. The molecule has 34 heavy (non-hydrogen) atoms. The van der Waals surface area contributed by atoms with E-state index < -0.39 is 5.97 Å². The molecular weight excluding hydrogens is 543 g/mol. The van der Waals surface area contributed by atoms with Crippen LogP contribution in [0.5, 0.6) is 0 Å². The number of carbonyl (C=O) groups is 3. The molecule has 1 aromatic rings. The van der Waals surface area contributed by atoms with Crippen molar-refractivity contribution in [2.24, 2.45) is 0 Å². The molecule has 9 heteroatoms. The first-order valence-electron chi connectivity index (χ1n) is 10.3. The van der Waals surface area contributed by atoms with Crippen LogP contribution < -0.4 is 0 Å². The molecule has 0 aromatic carbocycles. The number of carboxylic acids is 1. The fourth-order valence-electron chi connectivity index (χ4n) is 2.99. The van der Waals surface area contributed by atoms with Crippen molar-refractivity contribution in [1.29, 1.82) is 0 Å². The van der Waals surface area contributed by atoms with Crippen molar-refractivity contribution in [3.8, 4) is 0 Å². The Hall–Kier alpha value is -1.62. The number of aliphatic carboxylic acids is 1. The molecule has 1 N–H and O–H groups in total. The van der Waals surface area contributed by atoms with E-state index in [0.29, 0.717) is 12.8 Å². The van der Waals surface area contributed by atoms with Gasteiger partial charge in [-0.1, -0.05) is 12.8 Å². The quantitative estimate of drug-likeness (QED) is 0.147. The van der Waals surface area contributed by atoms with E-state index in [0.717, 1.165) is 55.7 Å². The molecule has 1 heterocycles. The molecule has 1 fully saturated rings. The van der Waals surface area contributed by atoms with Crippen LogP contribution in [0.4, 0.5) is 0 Å². The standard InChI is InChI=1S/C22H27O4S.3CO.Tc/c23-19(17-9-5-6-10-17)12-7-8-13-20(24)21-16-15-18(27-21)11-3-1-2-4-14-22(25)26;3*1-2;/h5-6,9-10,15-16H,1-4,7-8,11-14H2,(H,25,26);;;;/i;;;;1+1. The van der Waals surface area contributed by atoms with Gasteiger partial charge in [0.05, 0.1) is 4.88 Å². The Morgan fingerprint density at radius 2 is 1.24 bits per heavy atom. The Kier molecular flexibility index (Phi) is 28.2. The van der Waals surface area contributed by atoms with Gasteiger partial charge in [-0.05, 0) is 69.9 Å². The van der Waals surface area contributed by atoms with Crippen molar-refractivity contribution >= 4 is 28.9 Å². The molecule has 1 aliphatic rings. The normalized spacial score (nSPS) is 11.7. The number of rotatable bonds is 14. The molecule has 7 nitrogen and oxygen atoms in total. The van der Waals surface area contributed by atoms with Crippen LogP contribution in [0.3, 0.4) is 0 Å². The van der Waals surface area contributed by atoms with E-state index in [1.54, 1.807) is 11.3 Å². The molecule has 182 valence electrons. The molecule has 1 aromatic heterocycles. The van der Waals surface area contributed by atoms with Gasteiger partial charge in [-0.2, -0.15) is 0 Å². The van der Waals surface area contributed by atoms with Crippen LogP contribution in [0.1, 0.15) is 72.3 Å². The van der Waals surface area contributed by atoms with Crippen LogP contribution in [0.2, 0.25) is 0 Å². The number of ketones is 2. The summed E-state index contributed by atoms with van der Waals surface area (Å²) in [4.78, 5) is 36.7. The van der Waals surface area contributed by atoms with Crippen LogP contribution in [-0.2, 0) is 50.1 Å². The van der Waals surface area contributed by atoms with Crippen molar-refractivity contribution in [3.05, 3.63) is 73.4 Å². The summed E-state index contributed by atoms with van der Waals surface area (Å²) in [7, 11) is 0. The predicted octanol–water partition coefficient (Wildman–Crippen LogP) is 4.93. The van der Waals surface area contributed by atoms with Crippen LogP contribution in [0, 0.1) is 51.6 Å². The maximum atomic E-state index is 12.3. The third-order valence-corrected chi connectivity index (χ3v) is 5.73. The molecule has 1 saturated carbocycles. The van der Waals surface area contributed by atoms with E-state index in [1.165, 1.54) is 4.88 Å². The fraction of sp³-hybridized carbons (Fsp3) is 0.400. The summed E-state index contributed by atoms with van der Waals surface area (Å²) in [6, 6.07) is 3.93. The molecule has 0 amide bonds. The van der Waals surface area contributed by atoms with E-state index >= 15 is 0 Å². The Balaban J connectivity index is -0.00000127. The molecular formula is C25H27O7STc. The van der Waals surface area contributed by atoms with E-state index in [9.17, 15) is 14.4 Å². The first-order valence-corrected chi connectivity index (χ1v) is 11.1. The number of hydrogen-bond donors (Lipinski definition) is 1. The number of carboxylic acid groups (broad SMARTS) is 1. The van der Waals surface area contributed by atoms with Gasteiger partial charge in [0.25, 0.3) is 0 Å². The average molecular weight is 570 g/mol. The summed E-state index contributed by atoms with van der Waals surface area (Å²) in [5.74, 6) is 0.335. The van der Waals surface area contributed by atoms with Crippen molar-refractivity contribution < 1.29 is 53.6 Å². The van der Waals surface area contributed by atoms with Crippen molar-refractivity contribution in [3.63, 3.8) is 0 Å². The van der Waals surface area contributed by atoms with Gasteiger partial charge in [-0.25, -0.2) is 0 Å². The van der Waals surface area contributed by atoms with Gasteiger partial charge in [0.1, 0.15) is 5.78 Å². The molecule has 1 aliphatic carbocycles. The van der Waals surface area contributed by atoms with E-state index in [1.807, 2.05) is 37.8 Å². The van der Waals surface area contributed by atoms with Gasteiger partial charge in [0.2, 0.25) is 0 Å². The predicted molar refractivity (Wildman–Crippen MR) is 119 cm³/mol. The summed E-state index contributed by atoms with van der Waals surface area (Å²) in [5.41, 5.74) is 0. The molecule has 0 aliphatic heterocycles. The molecule has 0 spiro atoms. The average Bonchev–Trinajstić information content (AvgIpc) is 3.55. The first kappa shape index (κ1) is 36.9. The number of carbonyl (C=O) groups excluding carboxylic acids is 2. The van der Waals surface area contributed by atoms with Gasteiger partial charge in [0.15, 0.2) is 5.78 Å². The van der Waals surface area contributed by atoms with E-state index in [-0.39, 0.29) is 38.1 Å². The van der Waals surface area contributed by atoms with Gasteiger partial charge >= 0.3 is 39.9 Å². The second kappa shape index (κ2) is 26.0. The number of Topliss-reactive ketones (excluding diaryl/α,β-unsaturated/α-hetero) is 2. The van der Waals surface area contributed by atoms with Gasteiger partial charge in [-0.15, -0.1) is 11.3 Å². The number of thiophene rings is 1. The van der Waals surface area contributed by atoms with Gasteiger partial charge in [0, 0.05) is 50.2 Å². The summed E-state index contributed by atoms with van der Waals surface area (Å²) in [6.45, 7) is 13.5. The van der Waals surface area contributed by atoms with Gasteiger partial charge < -0.3 is 5.11 Å². The molecule has 0 unspecified atom stereocenters. The van der Waals surface area contributed by atoms with Crippen LogP contribution >= 0.6 is 11.3 Å². The summed E-state index contributed by atoms with van der Waals surface area (Å²) in [5, 5.41) is 8.60. The third-order valence-electron chi connectivity index (χ3n) is 4.54. The molecule has 0 bridgehead atoms. The van der Waals surface area contributed by atoms with E-state index in [4.69, 9.17) is 19.1 Å². The fourth-order valence-corrected chi connectivity index (χ4v) is 4.01. The second-order valence-corrected chi connectivity index (χ2v) is 7.97. The topological polar surface area (TPSA) is 131 Å². The zero-order chi connectivity index (χ0) is 25.5. The molecule has 6 radical (unpaired) electrons. The zero-order valence-electron chi connectivity index (χ0n) is 18.7. The van der Waals surface area contributed by atoms with Gasteiger partial charge in [-0.3, -0.25) is 14.4 Å². The summed E-state index contributed by atoms with van der Waals surface area (Å²) in [6.07, 6.45) is 14.7. The van der Waals surface area contributed by atoms with Crippen LogP contribution in [0.15, 0.2) is 12.1 Å². The number of aryl methyl sites for hydroxylation is 1. The van der Waals surface area contributed by atoms with Crippen molar-refractivity contribution in [2.75, 3.05) is 0 Å². The summed E-state index contributed by atoms with van der Waals surface area (Å²) < 4.78 is 22.5. The first-order chi connectivity index (χ1) is 16.1. The number of unbranched alkanes of at least 4 members (excludes halogenated alkanes) is 4. The summed E-state index contributed by atoms with van der Waals surface area (Å²) >= 11 is 1.56. The number of hydrogen-bond acceptors (Lipinski definition) is 4. The SMILES string of the molecule is O=C(O)CCCCCCc1ccc(C(=O)CCCCC(=O)[C]2[CH][CH][CH][CH]2)s1.[99Tc].[C-]#[O+].[C-]#[O+].[C-]#[O+]. The Bertz CT molecular complexity index is 732. The minimum atomic E-state index is -0.730. The van der Waals surface area contributed by atoms with E-state index in [2.05, 4.69) is 20.0 Å². The Morgan fingerprint density at radius 3 is 1.79 bits per heavy atom. The molecule has 2 rings (SSSR count). The van der Waals surface area contributed by atoms with Crippen molar-refractivity contribution in [1.82, 2.24) is 0 Å². The minimum absolute atomic E-state index is 0. The Morgan fingerprint density at radius 1 is 0.735 bits per heavy atom. The van der Waals surface area contributed by atoms with Crippen LogP contribution in [0.25, 0.3) is 0 Å². The maximum absolute atomic E-state index is 12.3. The Labute approximate surface area is 219 Å². The monoisotopic (exact) mass is 570 g/mol. The third kappa shape index (κ3) is 17.8. The van der Waals surface area contributed by atoms with Crippen molar-refractivity contribution in [2.45, 2.75) is 64.2 Å². The zero-order valence-corrected chi connectivity index (χ0v) is 21.4. The second-order valence-electron chi connectivity index (χ2n) is 6.80. The molecule has 0 atom stereocenters. The van der Waals surface area contributed by atoms with Crippen LogP contribution in [-0.4, -0.2) is 22.6 Å².